The molecule has 0 spiro atoms. The van der Waals surface area contributed by atoms with Gasteiger partial charge < -0.3 is 4.74 Å². The predicted molar refractivity (Wildman–Crippen MR) is 67.5 cm³/mol. The SMILES string of the molecule is NNC(CCC1CCCO1)c1ccnc(Cl)c1. The first-order chi connectivity index (χ1) is 8.29. The van der Waals surface area contributed by atoms with Crippen molar-refractivity contribution in [1.82, 2.24) is 10.4 Å². The molecule has 4 nitrogen and oxygen atoms in total. The lowest BCUT2D eigenvalue weighted by molar-refractivity contribution is 0.0996. The molecule has 5 heteroatoms. The van der Waals surface area contributed by atoms with Gasteiger partial charge in [-0.3, -0.25) is 11.3 Å². The Kier molecular flexibility index (Phi) is 4.74. The van der Waals surface area contributed by atoms with Crippen molar-refractivity contribution in [1.29, 1.82) is 0 Å². The van der Waals surface area contributed by atoms with Crippen LogP contribution in [0.25, 0.3) is 0 Å². The van der Waals surface area contributed by atoms with Gasteiger partial charge >= 0.3 is 0 Å². The molecule has 0 aromatic carbocycles. The second kappa shape index (κ2) is 6.31. The number of aromatic nitrogens is 1. The quantitative estimate of drug-likeness (QED) is 0.481. The number of nitrogens with one attached hydrogen (secondary N) is 1. The van der Waals surface area contributed by atoms with Crippen LogP contribution >= 0.6 is 11.6 Å². The summed E-state index contributed by atoms with van der Waals surface area (Å²) in [6.45, 7) is 0.895. The zero-order valence-corrected chi connectivity index (χ0v) is 10.5. The molecule has 1 aliphatic rings. The van der Waals surface area contributed by atoms with E-state index in [9.17, 15) is 0 Å². The van der Waals surface area contributed by atoms with E-state index in [2.05, 4.69) is 10.4 Å². The van der Waals surface area contributed by atoms with Crippen LogP contribution in [0.2, 0.25) is 5.15 Å². The van der Waals surface area contributed by atoms with E-state index in [1.807, 2.05) is 12.1 Å². The molecule has 0 radical (unpaired) electrons. The zero-order chi connectivity index (χ0) is 12.1. The monoisotopic (exact) mass is 255 g/mol. The molecule has 2 atom stereocenters. The Hall–Kier alpha value is -0.680. The van der Waals surface area contributed by atoms with Crippen LogP contribution in [0.5, 0.6) is 0 Å². The summed E-state index contributed by atoms with van der Waals surface area (Å²) in [7, 11) is 0. The highest BCUT2D eigenvalue weighted by Gasteiger charge is 2.18. The molecule has 0 aliphatic carbocycles. The first kappa shape index (κ1) is 12.8. The lowest BCUT2D eigenvalue weighted by Gasteiger charge is -2.18. The summed E-state index contributed by atoms with van der Waals surface area (Å²) in [6, 6.07) is 3.90. The van der Waals surface area contributed by atoms with Gasteiger partial charge in [0.15, 0.2) is 0 Å². The average molecular weight is 256 g/mol. The first-order valence-electron chi connectivity index (χ1n) is 5.99. The fraction of sp³-hybridized carbons (Fsp3) is 0.583. The molecule has 17 heavy (non-hydrogen) atoms. The second-order valence-electron chi connectivity index (χ2n) is 4.34. The van der Waals surface area contributed by atoms with Gasteiger partial charge in [-0.05, 0) is 43.4 Å². The Morgan fingerprint density at radius 2 is 2.53 bits per heavy atom. The van der Waals surface area contributed by atoms with Crippen molar-refractivity contribution in [3.05, 3.63) is 29.0 Å². The van der Waals surface area contributed by atoms with Crippen LogP contribution in [0.4, 0.5) is 0 Å². The van der Waals surface area contributed by atoms with E-state index in [1.54, 1.807) is 6.20 Å². The van der Waals surface area contributed by atoms with Crippen molar-refractivity contribution in [3.63, 3.8) is 0 Å². The van der Waals surface area contributed by atoms with Crippen molar-refractivity contribution in [2.45, 2.75) is 37.8 Å². The minimum Gasteiger partial charge on any atom is -0.378 e. The van der Waals surface area contributed by atoms with Crippen LogP contribution in [-0.4, -0.2) is 17.7 Å². The Bertz CT molecular complexity index is 355. The van der Waals surface area contributed by atoms with Gasteiger partial charge in [0.1, 0.15) is 5.15 Å². The molecule has 1 aromatic heterocycles. The Morgan fingerprint density at radius 1 is 1.65 bits per heavy atom. The number of pyridine rings is 1. The van der Waals surface area contributed by atoms with Crippen LogP contribution in [0, 0.1) is 0 Å². The third kappa shape index (κ3) is 3.64. The van der Waals surface area contributed by atoms with Gasteiger partial charge in [0, 0.05) is 18.8 Å². The molecule has 3 N–H and O–H groups in total. The van der Waals surface area contributed by atoms with Gasteiger partial charge in [-0.15, -0.1) is 0 Å². The van der Waals surface area contributed by atoms with Crippen LogP contribution in [-0.2, 0) is 4.74 Å². The van der Waals surface area contributed by atoms with E-state index < -0.39 is 0 Å². The molecule has 1 aliphatic heterocycles. The van der Waals surface area contributed by atoms with Crippen LogP contribution in [0.3, 0.4) is 0 Å². The summed E-state index contributed by atoms with van der Waals surface area (Å²) in [6.07, 6.45) is 6.40. The molecule has 2 rings (SSSR count). The third-order valence-corrected chi connectivity index (χ3v) is 3.36. The first-order valence-corrected chi connectivity index (χ1v) is 6.36. The normalized spacial score (nSPS) is 21.6. The maximum atomic E-state index is 5.87. The summed E-state index contributed by atoms with van der Waals surface area (Å²) in [5.74, 6) is 5.59. The van der Waals surface area contributed by atoms with E-state index in [0.29, 0.717) is 11.3 Å². The summed E-state index contributed by atoms with van der Waals surface area (Å²) >= 11 is 5.87. The van der Waals surface area contributed by atoms with Crippen molar-refractivity contribution in [2.24, 2.45) is 5.84 Å². The maximum absolute atomic E-state index is 5.87. The molecule has 94 valence electrons. The van der Waals surface area contributed by atoms with E-state index in [4.69, 9.17) is 22.2 Å². The summed E-state index contributed by atoms with van der Waals surface area (Å²) in [4.78, 5) is 3.97. The number of hydrogen-bond acceptors (Lipinski definition) is 4. The van der Waals surface area contributed by atoms with Gasteiger partial charge in [0.2, 0.25) is 0 Å². The highest BCUT2D eigenvalue weighted by molar-refractivity contribution is 6.29. The molecular formula is C12H18ClN3O. The minimum absolute atomic E-state index is 0.111. The Labute approximate surface area is 106 Å². The lowest BCUT2D eigenvalue weighted by atomic mass is 10.0. The number of halogens is 1. The Morgan fingerprint density at radius 3 is 3.18 bits per heavy atom. The van der Waals surface area contributed by atoms with Crippen molar-refractivity contribution in [3.8, 4) is 0 Å². The molecule has 0 saturated carbocycles. The lowest BCUT2D eigenvalue weighted by Crippen LogP contribution is -2.28. The molecule has 0 amide bonds. The number of nitrogens with zero attached hydrogens (tertiary/aromatic N) is 1. The molecule has 2 unspecified atom stereocenters. The highest BCUT2D eigenvalue weighted by Crippen LogP contribution is 2.24. The topological polar surface area (TPSA) is 60.2 Å². The number of nitrogens with two attached hydrogens (primary N) is 1. The fourth-order valence-electron chi connectivity index (χ4n) is 2.20. The fourth-order valence-corrected chi connectivity index (χ4v) is 2.39. The van der Waals surface area contributed by atoms with E-state index in [-0.39, 0.29) is 6.04 Å². The van der Waals surface area contributed by atoms with Gasteiger partial charge in [0.05, 0.1) is 6.10 Å². The van der Waals surface area contributed by atoms with E-state index in [1.165, 1.54) is 6.42 Å². The third-order valence-electron chi connectivity index (χ3n) is 3.16. The number of hydrazine groups is 1. The van der Waals surface area contributed by atoms with Crippen LogP contribution < -0.4 is 11.3 Å². The second-order valence-corrected chi connectivity index (χ2v) is 4.73. The maximum Gasteiger partial charge on any atom is 0.129 e. The highest BCUT2D eigenvalue weighted by atomic mass is 35.5. The van der Waals surface area contributed by atoms with Gasteiger partial charge in [0.25, 0.3) is 0 Å². The molecule has 2 heterocycles. The molecular weight excluding hydrogens is 238 g/mol. The molecule has 1 fully saturated rings. The number of hydrogen-bond donors (Lipinski definition) is 2. The van der Waals surface area contributed by atoms with Gasteiger partial charge in [-0.25, -0.2) is 4.98 Å². The number of ether oxygens (including phenoxy) is 1. The van der Waals surface area contributed by atoms with Crippen LogP contribution in [0.15, 0.2) is 18.3 Å². The molecule has 1 aromatic rings. The van der Waals surface area contributed by atoms with E-state index >= 15 is 0 Å². The molecule has 1 saturated heterocycles. The van der Waals surface area contributed by atoms with E-state index in [0.717, 1.165) is 31.4 Å². The summed E-state index contributed by atoms with van der Waals surface area (Å²) in [5.41, 5.74) is 3.90. The van der Waals surface area contributed by atoms with Crippen molar-refractivity contribution in [2.75, 3.05) is 6.61 Å². The van der Waals surface area contributed by atoms with Gasteiger partial charge in [-0.1, -0.05) is 11.6 Å². The predicted octanol–water partition coefficient (Wildman–Crippen LogP) is 2.20. The van der Waals surface area contributed by atoms with Gasteiger partial charge in [-0.2, -0.15) is 0 Å². The zero-order valence-electron chi connectivity index (χ0n) is 9.73. The smallest absolute Gasteiger partial charge is 0.129 e. The largest absolute Gasteiger partial charge is 0.378 e. The van der Waals surface area contributed by atoms with Crippen LogP contribution in [0.1, 0.15) is 37.3 Å². The standard InChI is InChI=1S/C12H18ClN3O/c13-12-8-9(5-6-15-12)11(16-14)4-3-10-2-1-7-17-10/h5-6,8,10-11,16H,1-4,7,14H2. The summed E-state index contributed by atoms with van der Waals surface area (Å²) < 4.78 is 5.60. The number of rotatable bonds is 5. The molecule has 0 bridgehead atoms. The van der Waals surface area contributed by atoms with Crippen molar-refractivity contribution < 1.29 is 4.74 Å². The minimum atomic E-state index is 0.111. The summed E-state index contributed by atoms with van der Waals surface area (Å²) in [5, 5.41) is 0.500. The van der Waals surface area contributed by atoms with Crippen molar-refractivity contribution >= 4 is 11.6 Å². The Balaban J connectivity index is 1.91. The average Bonchev–Trinajstić information content (AvgIpc) is 2.83.